The average molecular weight is 428 g/mol. The highest BCUT2D eigenvalue weighted by Crippen LogP contribution is 2.29. The predicted molar refractivity (Wildman–Crippen MR) is 118 cm³/mol. The van der Waals surface area contributed by atoms with E-state index in [1.165, 1.54) is 0 Å². The molecule has 1 aliphatic carbocycles. The molecule has 0 aliphatic heterocycles. The van der Waals surface area contributed by atoms with Crippen LogP contribution in [0.15, 0.2) is 59.4 Å². The molecule has 0 bridgehead atoms. The minimum Gasteiger partial charge on any atom is -0.339 e. The first-order valence-corrected chi connectivity index (χ1v) is 10.8. The molecule has 1 amide bonds. The van der Waals surface area contributed by atoms with Gasteiger partial charge >= 0.3 is 0 Å². The Kier molecular flexibility index (Phi) is 5.26. The molecule has 3 aromatic heterocycles. The monoisotopic (exact) mass is 428 g/mol. The van der Waals surface area contributed by atoms with Crippen LogP contribution in [0.1, 0.15) is 53.9 Å². The Morgan fingerprint density at radius 1 is 1.12 bits per heavy atom. The smallest absolute Gasteiger partial charge is 0.272 e. The Labute approximate surface area is 185 Å². The van der Waals surface area contributed by atoms with Crippen molar-refractivity contribution in [3.05, 3.63) is 77.7 Å². The van der Waals surface area contributed by atoms with Crippen molar-refractivity contribution in [3.63, 3.8) is 0 Å². The minimum absolute atomic E-state index is 0.0467. The third-order valence-corrected chi connectivity index (χ3v) is 5.73. The van der Waals surface area contributed by atoms with E-state index in [9.17, 15) is 4.79 Å². The van der Waals surface area contributed by atoms with E-state index < -0.39 is 6.04 Å². The first-order valence-electron chi connectivity index (χ1n) is 10.8. The molecule has 1 unspecified atom stereocenters. The van der Waals surface area contributed by atoms with Gasteiger partial charge in [0, 0.05) is 29.2 Å². The number of amides is 1. The zero-order valence-electron chi connectivity index (χ0n) is 18.0. The van der Waals surface area contributed by atoms with Gasteiger partial charge in [-0.05, 0) is 49.4 Å². The van der Waals surface area contributed by atoms with Crippen molar-refractivity contribution in [1.82, 2.24) is 30.2 Å². The van der Waals surface area contributed by atoms with Gasteiger partial charge in [0.1, 0.15) is 6.04 Å². The second-order valence-electron chi connectivity index (χ2n) is 8.27. The standard InChI is InChI=1S/C24H24N6O2/c1-15(2)20(24-27-22(29-32-24)16-8-7-13-25-14-16)26-23(31)21-18-11-6-12-19(18)30(28-21)17-9-4-3-5-10-17/h3-5,7-10,13-15,20H,6,11-12H2,1-2H3,(H,26,31). The first-order chi connectivity index (χ1) is 15.6. The number of carbonyl (C=O) groups excluding carboxylic acids is 1. The SMILES string of the molecule is CC(C)C(NC(=O)c1nn(-c2ccccc2)c2c1CCC2)c1nc(-c2cccnc2)no1. The molecule has 1 atom stereocenters. The quantitative estimate of drug-likeness (QED) is 0.500. The summed E-state index contributed by atoms with van der Waals surface area (Å²) in [4.78, 5) is 21.9. The number of hydrogen-bond donors (Lipinski definition) is 1. The Bertz CT molecular complexity index is 1230. The first kappa shape index (κ1) is 20.1. The second kappa shape index (κ2) is 8.37. The molecular weight excluding hydrogens is 404 g/mol. The average Bonchev–Trinajstić information content (AvgIpc) is 3.55. The fourth-order valence-electron chi connectivity index (χ4n) is 4.10. The molecule has 3 heterocycles. The van der Waals surface area contributed by atoms with Gasteiger partial charge in [0.05, 0.1) is 5.69 Å². The zero-order chi connectivity index (χ0) is 22.1. The fraction of sp³-hybridized carbons (Fsp3) is 0.292. The van der Waals surface area contributed by atoms with Crippen molar-refractivity contribution >= 4 is 5.91 Å². The Morgan fingerprint density at radius 3 is 2.72 bits per heavy atom. The molecule has 0 saturated heterocycles. The fourth-order valence-corrected chi connectivity index (χ4v) is 4.10. The maximum Gasteiger partial charge on any atom is 0.272 e. The van der Waals surface area contributed by atoms with E-state index in [1.807, 2.05) is 61.0 Å². The third kappa shape index (κ3) is 3.68. The van der Waals surface area contributed by atoms with Gasteiger partial charge in [-0.25, -0.2) is 4.68 Å². The number of carbonyl (C=O) groups is 1. The molecule has 0 saturated carbocycles. The van der Waals surface area contributed by atoms with Crippen LogP contribution in [0.2, 0.25) is 0 Å². The Morgan fingerprint density at radius 2 is 1.97 bits per heavy atom. The van der Waals surface area contributed by atoms with Crippen molar-refractivity contribution in [3.8, 4) is 17.1 Å². The number of hydrogen-bond acceptors (Lipinski definition) is 6. The molecule has 0 fully saturated rings. The van der Waals surface area contributed by atoms with Gasteiger partial charge in [-0.3, -0.25) is 9.78 Å². The molecule has 162 valence electrons. The van der Waals surface area contributed by atoms with Gasteiger partial charge in [0.25, 0.3) is 5.91 Å². The lowest BCUT2D eigenvalue weighted by Gasteiger charge is -2.18. The molecule has 8 heteroatoms. The van der Waals surface area contributed by atoms with Crippen LogP contribution in [0.25, 0.3) is 17.1 Å². The summed E-state index contributed by atoms with van der Waals surface area (Å²) in [6, 6.07) is 13.2. The van der Waals surface area contributed by atoms with Crippen LogP contribution in [0.5, 0.6) is 0 Å². The number of rotatable bonds is 6. The lowest BCUT2D eigenvalue weighted by Crippen LogP contribution is -2.33. The van der Waals surface area contributed by atoms with Crippen LogP contribution in [0.3, 0.4) is 0 Å². The van der Waals surface area contributed by atoms with Crippen LogP contribution < -0.4 is 5.32 Å². The van der Waals surface area contributed by atoms with Gasteiger partial charge < -0.3 is 9.84 Å². The largest absolute Gasteiger partial charge is 0.339 e. The second-order valence-corrected chi connectivity index (χ2v) is 8.27. The molecule has 5 rings (SSSR count). The van der Waals surface area contributed by atoms with Crippen molar-refractivity contribution in [1.29, 1.82) is 0 Å². The lowest BCUT2D eigenvalue weighted by molar-refractivity contribution is 0.0907. The highest BCUT2D eigenvalue weighted by atomic mass is 16.5. The van der Waals surface area contributed by atoms with Gasteiger partial charge in [-0.2, -0.15) is 10.1 Å². The van der Waals surface area contributed by atoms with E-state index in [-0.39, 0.29) is 11.8 Å². The summed E-state index contributed by atoms with van der Waals surface area (Å²) in [6.45, 7) is 4.01. The highest BCUT2D eigenvalue weighted by Gasteiger charge is 2.31. The van der Waals surface area contributed by atoms with E-state index in [2.05, 4.69) is 20.4 Å². The number of nitrogens with zero attached hydrogens (tertiary/aromatic N) is 5. The summed E-state index contributed by atoms with van der Waals surface area (Å²) in [5.74, 6) is 0.636. The van der Waals surface area contributed by atoms with Crippen LogP contribution >= 0.6 is 0 Å². The van der Waals surface area contributed by atoms with Crippen molar-refractivity contribution < 1.29 is 9.32 Å². The van der Waals surface area contributed by atoms with E-state index in [0.29, 0.717) is 17.4 Å². The van der Waals surface area contributed by atoms with Crippen molar-refractivity contribution in [2.45, 2.75) is 39.2 Å². The van der Waals surface area contributed by atoms with E-state index in [4.69, 9.17) is 9.62 Å². The molecule has 0 spiro atoms. The van der Waals surface area contributed by atoms with Crippen LogP contribution in [0.4, 0.5) is 0 Å². The number of para-hydroxylation sites is 1. The summed E-state index contributed by atoms with van der Waals surface area (Å²) < 4.78 is 7.41. The lowest BCUT2D eigenvalue weighted by atomic mass is 10.0. The van der Waals surface area contributed by atoms with E-state index >= 15 is 0 Å². The minimum atomic E-state index is -0.431. The Hall–Kier alpha value is -3.81. The number of benzene rings is 1. The molecule has 32 heavy (non-hydrogen) atoms. The summed E-state index contributed by atoms with van der Waals surface area (Å²) in [5.41, 5.74) is 4.33. The summed E-state index contributed by atoms with van der Waals surface area (Å²) in [6.07, 6.45) is 6.15. The van der Waals surface area contributed by atoms with E-state index in [1.54, 1.807) is 12.4 Å². The van der Waals surface area contributed by atoms with E-state index in [0.717, 1.165) is 41.8 Å². The summed E-state index contributed by atoms with van der Waals surface area (Å²) >= 11 is 0. The maximum absolute atomic E-state index is 13.3. The molecule has 8 nitrogen and oxygen atoms in total. The van der Waals surface area contributed by atoms with Gasteiger partial charge in [-0.15, -0.1) is 0 Å². The highest BCUT2D eigenvalue weighted by molar-refractivity contribution is 5.94. The molecule has 1 N–H and O–H groups in total. The number of fused-ring (bicyclic) bond motifs is 1. The van der Waals surface area contributed by atoms with Crippen molar-refractivity contribution in [2.24, 2.45) is 5.92 Å². The Balaban J connectivity index is 1.43. The number of aromatic nitrogens is 5. The van der Waals surface area contributed by atoms with Crippen LogP contribution in [-0.4, -0.2) is 30.8 Å². The van der Waals surface area contributed by atoms with Gasteiger partial charge in [-0.1, -0.05) is 37.2 Å². The molecule has 1 aromatic carbocycles. The molecule has 4 aromatic rings. The van der Waals surface area contributed by atoms with Crippen molar-refractivity contribution in [2.75, 3.05) is 0 Å². The maximum atomic E-state index is 13.3. The summed E-state index contributed by atoms with van der Waals surface area (Å²) in [5, 5.41) is 11.8. The number of nitrogens with one attached hydrogen (secondary N) is 1. The van der Waals surface area contributed by atoms with Crippen LogP contribution in [0, 0.1) is 5.92 Å². The number of pyridine rings is 1. The summed E-state index contributed by atoms with van der Waals surface area (Å²) in [7, 11) is 0. The molecule has 1 aliphatic rings. The van der Waals surface area contributed by atoms with Crippen LogP contribution in [-0.2, 0) is 12.8 Å². The topological polar surface area (TPSA) is 98.7 Å². The van der Waals surface area contributed by atoms with Gasteiger partial charge in [0.2, 0.25) is 11.7 Å². The normalized spacial score (nSPS) is 13.8. The zero-order valence-corrected chi connectivity index (χ0v) is 18.0. The third-order valence-electron chi connectivity index (χ3n) is 5.73. The predicted octanol–water partition coefficient (Wildman–Crippen LogP) is 3.93. The molecule has 0 radical (unpaired) electrons. The molecular formula is C24H24N6O2. The van der Waals surface area contributed by atoms with Gasteiger partial charge in [0.15, 0.2) is 5.69 Å².